The van der Waals surface area contributed by atoms with E-state index in [1.165, 1.54) is 0 Å². The van der Waals surface area contributed by atoms with E-state index in [-0.39, 0.29) is 24.3 Å². The van der Waals surface area contributed by atoms with Gasteiger partial charge < -0.3 is 10.8 Å². The first-order valence-corrected chi connectivity index (χ1v) is 5.35. The van der Waals surface area contributed by atoms with Gasteiger partial charge in [0.1, 0.15) is 0 Å². The Morgan fingerprint density at radius 3 is 1.87 bits per heavy atom. The topological polar surface area (TPSA) is 46.2 Å². The van der Waals surface area contributed by atoms with E-state index in [1.54, 1.807) is 0 Å². The molecule has 2 aliphatic rings. The minimum Gasteiger partial charge on any atom is -0.380 e. The largest absolute Gasteiger partial charge is 0.417 e. The van der Waals surface area contributed by atoms with Gasteiger partial charge in [-0.3, -0.25) is 0 Å². The number of hydrogen-bond donors (Lipinski definition) is 2. The van der Waals surface area contributed by atoms with Gasteiger partial charge >= 0.3 is 6.18 Å². The van der Waals surface area contributed by atoms with Crippen molar-refractivity contribution in [2.45, 2.75) is 55.8 Å². The van der Waals surface area contributed by atoms with Gasteiger partial charge in [0.05, 0.1) is 0 Å². The van der Waals surface area contributed by atoms with Crippen molar-refractivity contribution in [2.24, 2.45) is 11.7 Å². The number of nitrogens with two attached hydrogens (primary N) is 1. The van der Waals surface area contributed by atoms with E-state index in [2.05, 4.69) is 0 Å². The van der Waals surface area contributed by atoms with Crippen LogP contribution in [-0.4, -0.2) is 22.4 Å². The molecule has 0 atom stereocenters. The van der Waals surface area contributed by atoms with Gasteiger partial charge in [-0.25, -0.2) is 0 Å². The van der Waals surface area contributed by atoms with Crippen LogP contribution >= 0.6 is 0 Å². The molecular formula is C10H16F3NO. The van der Waals surface area contributed by atoms with Gasteiger partial charge in [-0.05, 0) is 44.4 Å². The number of hydrogen-bond acceptors (Lipinski definition) is 2. The minimum atomic E-state index is -4.50. The molecule has 0 bridgehead atoms. The lowest BCUT2D eigenvalue weighted by molar-refractivity contribution is -0.272. The number of halogens is 3. The predicted octanol–water partition coefficient (Wildman–Crippen LogP) is 1.96. The number of aliphatic hydroxyl groups is 1. The molecule has 0 radical (unpaired) electrons. The van der Waals surface area contributed by atoms with Crippen LogP contribution < -0.4 is 5.73 Å². The summed E-state index contributed by atoms with van der Waals surface area (Å²) in [5.41, 5.74) is 3.28. The van der Waals surface area contributed by atoms with E-state index < -0.39 is 11.8 Å². The van der Waals surface area contributed by atoms with Gasteiger partial charge in [0, 0.05) is 5.54 Å². The highest BCUT2D eigenvalue weighted by atomic mass is 19.4. The molecule has 0 aromatic carbocycles. The van der Waals surface area contributed by atoms with Gasteiger partial charge in [-0.15, -0.1) is 0 Å². The first-order chi connectivity index (χ1) is 6.77. The maximum absolute atomic E-state index is 12.5. The zero-order valence-corrected chi connectivity index (χ0v) is 8.48. The molecule has 88 valence electrons. The lowest BCUT2D eigenvalue weighted by Gasteiger charge is -2.39. The van der Waals surface area contributed by atoms with E-state index in [4.69, 9.17) is 5.73 Å². The highest BCUT2D eigenvalue weighted by Crippen LogP contribution is 2.50. The summed E-state index contributed by atoms with van der Waals surface area (Å²) in [6, 6.07) is 0. The van der Waals surface area contributed by atoms with Crippen LogP contribution in [0.15, 0.2) is 0 Å². The highest BCUT2D eigenvalue weighted by molar-refractivity contribution is 5.07. The van der Waals surface area contributed by atoms with Crippen LogP contribution in [0.4, 0.5) is 13.2 Å². The second-order valence-corrected chi connectivity index (χ2v) is 5.04. The molecule has 0 heterocycles. The fourth-order valence-electron chi connectivity index (χ4n) is 2.51. The third-order valence-corrected chi connectivity index (χ3v) is 3.98. The summed E-state index contributed by atoms with van der Waals surface area (Å²) in [7, 11) is 0. The Bertz CT molecular complexity index is 252. The average molecular weight is 223 g/mol. The van der Waals surface area contributed by atoms with Crippen molar-refractivity contribution < 1.29 is 18.3 Å². The molecular weight excluding hydrogens is 207 g/mol. The standard InChI is InChI=1S/C10H16F3NO/c11-10(12,13)9(15)3-1-7(2-4-9)8(14)5-6-8/h7,15H,1-6,14H2. The summed E-state index contributed by atoms with van der Waals surface area (Å²) >= 11 is 0. The molecule has 0 aliphatic heterocycles. The van der Waals surface area contributed by atoms with Crippen LogP contribution in [0.3, 0.4) is 0 Å². The minimum absolute atomic E-state index is 0.167. The average Bonchev–Trinajstić information content (AvgIpc) is 2.84. The van der Waals surface area contributed by atoms with Crippen LogP contribution in [0, 0.1) is 5.92 Å². The molecule has 0 aromatic heterocycles. The molecule has 5 heteroatoms. The Morgan fingerprint density at radius 1 is 1.07 bits per heavy atom. The number of rotatable bonds is 1. The third kappa shape index (κ3) is 1.87. The van der Waals surface area contributed by atoms with Crippen molar-refractivity contribution in [3.63, 3.8) is 0 Å². The predicted molar refractivity (Wildman–Crippen MR) is 49.1 cm³/mol. The molecule has 2 fully saturated rings. The van der Waals surface area contributed by atoms with Gasteiger partial charge in [0.25, 0.3) is 0 Å². The molecule has 0 aromatic rings. The number of alkyl halides is 3. The van der Waals surface area contributed by atoms with Crippen molar-refractivity contribution in [1.29, 1.82) is 0 Å². The summed E-state index contributed by atoms with van der Waals surface area (Å²) in [5.74, 6) is 0.167. The Balaban J connectivity index is 1.97. The maximum atomic E-state index is 12.5. The molecule has 0 saturated heterocycles. The Kier molecular flexibility index (Phi) is 2.32. The zero-order chi connectivity index (χ0) is 11.3. The maximum Gasteiger partial charge on any atom is 0.417 e. The fourth-order valence-corrected chi connectivity index (χ4v) is 2.51. The van der Waals surface area contributed by atoms with E-state index in [1.807, 2.05) is 0 Å². The van der Waals surface area contributed by atoms with Crippen molar-refractivity contribution in [1.82, 2.24) is 0 Å². The van der Waals surface area contributed by atoms with E-state index in [9.17, 15) is 18.3 Å². The van der Waals surface area contributed by atoms with Gasteiger partial charge in [0.2, 0.25) is 0 Å². The Hall–Kier alpha value is -0.290. The SMILES string of the molecule is NC1(C2CCC(O)(C(F)(F)F)CC2)CC1. The summed E-state index contributed by atoms with van der Waals surface area (Å²) in [5, 5.41) is 9.45. The van der Waals surface area contributed by atoms with Crippen molar-refractivity contribution in [2.75, 3.05) is 0 Å². The molecule has 2 nitrogen and oxygen atoms in total. The quantitative estimate of drug-likeness (QED) is 0.713. The monoisotopic (exact) mass is 223 g/mol. The van der Waals surface area contributed by atoms with Crippen LogP contribution in [0.1, 0.15) is 38.5 Å². The van der Waals surface area contributed by atoms with Gasteiger partial charge in [-0.2, -0.15) is 13.2 Å². The molecule has 2 aliphatic carbocycles. The molecule has 2 rings (SSSR count). The molecule has 0 unspecified atom stereocenters. The second-order valence-electron chi connectivity index (χ2n) is 5.04. The van der Waals surface area contributed by atoms with Crippen LogP contribution in [0.5, 0.6) is 0 Å². The summed E-state index contributed by atoms with van der Waals surface area (Å²) in [6.45, 7) is 0. The highest BCUT2D eigenvalue weighted by Gasteiger charge is 2.57. The first kappa shape index (κ1) is 11.2. The third-order valence-electron chi connectivity index (χ3n) is 3.98. The summed E-state index contributed by atoms with van der Waals surface area (Å²) in [6.07, 6.45) is -2.26. The summed E-state index contributed by atoms with van der Waals surface area (Å²) in [4.78, 5) is 0. The van der Waals surface area contributed by atoms with Crippen LogP contribution in [0.25, 0.3) is 0 Å². The second kappa shape index (κ2) is 3.10. The normalized spacial score (nSPS) is 40.2. The van der Waals surface area contributed by atoms with Gasteiger partial charge in [0.15, 0.2) is 5.60 Å². The van der Waals surface area contributed by atoms with Crippen LogP contribution in [-0.2, 0) is 0 Å². The van der Waals surface area contributed by atoms with E-state index >= 15 is 0 Å². The van der Waals surface area contributed by atoms with Crippen LogP contribution in [0.2, 0.25) is 0 Å². The van der Waals surface area contributed by atoms with E-state index in [0.717, 1.165) is 12.8 Å². The molecule has 2 saturated carbocycles. The van der Waals surface area contributed by atoms with Crippen molar-refractivity contribution in [3.8, 4) is 0 Å². The fraction of sp³-hybridized carbons (Fsp3) is 1.00. The molecule has 0 spiro atoms. The lowest BCUT2D eigenvalue weighted by Crippen LogP contribution is -2.50. The lowest BCUT2D eigenvalue weighted by atomic mass is 9.74. The Morgan fingerprint density at radius 2 is 1.53 bits per heavy atom. The summed E-state index contributed by atoms with van der Waals surface area (Å²) < 4.78 is 37.5. The smallest absolute Gasteiger partial charge is 0.380 e. The van der Waals surface area contributed by atoms with E-state index in [0.29, 0.717) is 12.8 Å². The van der Waals surface area contributed by atoms with Crippen molar-refractivity contribution >= 4 is 0 Å². The molecule has 15 heavy (non-hydrogen) atoms. The first-order valence-electron chi connectivity index (χ1n) is 5.35. The Labute approximate surface area is 86.6 Å². The van der Waals surface area contributed by atoms with Crippen molar-refractivity contribution in [3.05, 3.63) is 0 Å². The molecule has 3 N–H and O–H groups in total. The van der Waals surface area contributed by atoms with Gasteiger partial charge in [-0.1, -0.05) is 0 Å². The molecule has 0 amide bonds. The zero-order valence-electron chi connectivity index (χ0n) is 8.48.